The number of carboxylic acids is 1. The predicted octanol–water partition coefficient (Wildman–Crippen LogP) is 3.27. The van der Waals surface area contributed by atoms with Gasteiger partial charge in [0.15, 0.2) is 0 Å². The average Bonchev–Trinajstić information content (AvgIpc) is 2.38. The summed E-state index contributed by atoms with van der Waals surface area (Å²) in [6.45, 7) is 5.98. The molecule has 2 N–H and O–H groups in total. The second-order valence-electron chi connectivity index (χ2n) is 5.41. The Hall–Kier alpha value is -1.88. The van der Waals surface area contributed by atoms with E-state index in [0.717, 1.165) is 16.5 Å². The van der Waals surface area contributed by atoms with Gasteiger partial charge in [-0.05, 0) is 31.4 Å². The first-order valence-electron chi connectivity index (χ1n) is 6.68. The zero-order chi connectivity index (χ0) is 14.7. The summed E-state index contributed by atoms with van der Waals surface area (Å²) in [5.41, 5.74) is 1.90. The fourth-order valence-corrected chi connectivity index (χ4v) is 2.14. The SMILES string of the molecule is Cc1ccc2ncnc(NC(CC(C)C)C(=O)O)c2c1.Cl. The number of aryl methyl sites for hydroxylation is 1. The molecule has 0 bridgehead atoms. The van der Waals surface area contributed by atoms with Gasteiger partial charge in [-0.3, -0.25) is 0 Å². The lowest BCUT2D eigenvalue weighted by Gasteiger charge is -2.18. The third-order valence-corrected chi connectivity index (χ3v) is 3.11. The molecule has 0 spiro atoms. The molecule has 5 nitrogen and oxygen atoms in total. The first-order chi connectivity index (χ1) is 9.47. The number of rotatable bonds is 5. The lowest BCUT2D eigenvalue weighted by molar-refractivity contribution is -0.138. The average molecular weight is 310 g/mol. The van der Waals surface area contributed by atoms with E-state index in [0.29, 0.717) is 18.2 Å². The van der Waals surface area contributed by atoms with E-state index in [2.05, 4.69) is 15.3 Å². The Balaban J connectivity index is 0.00000220. The molecule has 2 aromatic rings. The van der Waals surface area contributed by atoms with Crippen molar-refractivity contribution in [2.24, 2.45) is 5.92 Å². The molecule has 1 unspecified atom stereocenters. The number of carbonyl (C=O) groups is 1. The zero-order valence-corrected chi connectivity index (χ0v) is 13.1. The van der Waals surface area contributed by atoms with Gasteiger partial charge in [0.05, 0.1) is 5.52 Å². The number of anilines is 1. The van der Waals surface area contributed by atoms with Gasteiger partial charge in [0.25, 0.3) is 0 Å². The fourth-order valence-electron chi connectivity index (χ4n) is 2.14. The standard InChI is InChI=1S/C15H19N3O2.ClH/c1-9(2)6-13(15(19)20)18-14-11-7-10(3)4-5-12(11)16-8-17-14;/h4-5,7-9,13H,6H2,1-3H3,(H,19,20)(H,16,17,18);1H. The number of aliphatic carboxylic acids is 1. The lowest BCUT2D eigenvalue weighted by atomic mass is 10.0. The summed E-state index contributed by atoms with van der Waals surface area (Å²) >= 11 is 0. The Morgan fingerprint density at radius 3 is 2.67 bits per heavy atom. The minimum absolute atomic E-state index is 0. The first kappa shape index (κ1) is 17.2. The molecule has 0 aliphatic carbocycles. The number of nitrogens with one attached hydrogen (secondary N) is 1. The number of hydrogen-bond donors (Lipinski definition) is 2. The minimum Gasteiger partial charge on any atom is -0.480 e. The monoisotopic (exact) mass is 309 g/mol. The van der Waals surface area contributed by atoms with Crippen molar-refractivity contribution in [3.05, 3.63) is 30.1 Å². The van der Waals surface area contributed by atoms with Crippen LogP contribution in [0.3, 0.4) is 0 Å². The minimum atomic E-state index is -0.863. The van der Waals surface area contributed by atoms with Crippen LogP contribution in [0.1, 0.15) is 25.8 Å². The van der Waals surface area contributed by atoms with Gasteiger partial charge in [-0.25, -0.2) is 14.8 Å². The number of halogens is 1. The summed E-state index contributed by atoms with van der Waals surface area (Å²) in [5.74, 6) is 0.00306. The quantitative estimate of drug-likeness (QED) is 0.886. The van der Waals surface area contributed by atoms with Crippen molar-refractivity contribution < 1.29 is 9.90 Å². The first-order valence-corrected chi connectivity index (χ1v) is 6.68. The molecule has 0 radical (unpaired) electrons. The molecule has 0 fully saturated rings. The molecular formula is C15H20ClN3O2. The molecule has 114 valence electrons. The highest BCUT2D eigenvalue weighted by Crippen LogP contribution is 2.22. The Kier molecular flexibility index (Phi) is 5.90. The Morgan fingerprint density at radius 1 is 1.33 bits per heavy atom. The third-order valence-electron chi connectivity index (χ3n) is 3.11. The van der Waals surface area contributed by atoms with Gasteiger partial charge in [-0.15, -0.1) is 12.4 Å². The Bertz CT molecular complexity index is 631. The molecular weight excluding hydrogens is 290 g/mol. The number of fused-ring (bicyclic) bond motifs is 1. The molecule has 2 rings (SSSR count). The summed E-state index contributed by atoms with van der Waals surface area (Å²) in [6, 6.07) is 5.21. The number of carboxylic acid groups (broad SMARTS) is 1. The fraction of sp³-hybridized carbons (Fsp3) is 0.400. The van der Waals surface area contributed by atoms with Gasteiger partial charge in [0.1, 0.15) is 18.2 Å². The molecule has 21 heavy (non-hydrogen) atoms. The summed E-state index contributed by atoms with van der Waals surface area (Å²) < 4.78 is 0. The second kappa shape index (κ2) is 7.22. The van der Waals surface area contributed by atoms with Crippen molar-refractivity contribution in [3.8, 4) is 0 Å². The van der Waals surface area contributed by atoms with Gasteiger partial charge >= 0.3 is 5.97 Å². The van der Waals surface area contributed by atoms with Crippen molar-refractivity contribution in [1.29, 1.82) is 0 Å². The van der Waals surface area contributed by atoms with Gasteiger partial charge in [-0.2, -0.15) is 0 Å². The zero-order valence-electron chi connectivity index (χ0n) is 12.3. The molecule has 1 aromatic heterocycles. The van der Waals surface area contributed by atoms with E-state index in [1.54, 1.807) is 0 Å². The van der Waals surface area contributed by atoms with E-state index in [1.165, 1.54) is 6.33 Å². The molecule has 1 aromatic carbocycles. The van der Waals surface area contributed by atoms with Crippen LogP contribution in [-0.2, 0) is 4.79 Å². The molecule has 1 heterocycles. The summed E-state index contributed by atoms with van der Waals surface area (Å²) in [4.78, 5) is 19.7. The predicted molar refractivity (Wildman–Crippen MR) is 86.0 cm³/mol. The van der Waals surface area contributed by atoms with Crippen LogP contribution in [0, 0.1) is 12.8 Å². The topological polar surface area (TPSA) is 75.1 Å². The van der Waals surface area contributed by atoms with Crippen LogP contribution in [0.4, 0.5) is 5.82 Å². The van der Waals surface area contributed by atoms with E-state index in [4.69, 9.17) is 0 Å². The Labute approximate surface area is 130 Å². The molecule has 0 saturated carbocycles. The number of nitrogens with zero attached hydrogens (tertiary/aromatic N) is 2. The van der Waals surface area contributed by atoms with Gasteiger partial charge < -0.3 is 10.4 Å². The maximum absolute atomic E-state index is 11.3. The van der Waals surface area contributed by atoms with Crippen molar-refractivity contribution in [3.63, 3.8) is 0 Å². The molecule has 0 aliphatic rings. The third kappa shape index (κ3) is 4.29. The van der Waals surface area contributed by atoms with Crippen molar-refractivity contribution >= 4 is 35.1 Å². The molecule has 0 saturated heterocycles. The van der Waals surface area contributed by atoms with Gasteiger partial charge in [0, 0.05) is 5.39 Å². The highest BCUT2D eigenvalue weighted by Gasteiger charge is 2.20. The van der Waals surface area contributed by atoms with Crippen LogP contribution in [0.2, 0.25) is 0 Å². The van der Waals surface area contributed by atoms with Gasteiger partial charge in [0.2, 0.25) is 0 Å². The number of hydrogen-bond acceptors (Lipinski definition) is 4. The van der Waals surface area contributed by atoms with E-state index in [1.807, 2.05) is 39.0 Å². The molecule has 0 aliphatic heterocycles. The highest BCUT2D eigenvalue weighted by molar-refractivity contribution is 5.91. The van der Waals surface area contributed by atoms with E-state index < -0.39 is 12.0 Å². The van der Waals surface area contributed by atoms with Crippen LogP contribution in [0.5, 0.6) is 0 Å². The molecule has 0 amide bonds. The second-order valence-corrected chi connectivity index (χ2v) is 5.41. The van der Waals surface area contributed by atoms with Crippen LogP contribution in [-0.4, -0.2) is 27.1 Å². The van der Waals surface area contributed by atoms with Crippen molar-refractivity contribution in [1.82, 2.24) is 9.97 Å². The van der Waals surface area contributed by atoms with Crippen molar-refractivity contribution in [2.75, 3.05) is 5.32 Å². The number of aromatic nitrogens is 2. The largest absolute Gasteiger partial charge is 0.480 e. The van der Waals surface area contributed by atoms with Crippen LogP contribution in [0.15, 0.2) is 24.5 Å². The smallest absolute Gasteiger partial charge is 0.326 e. The van der Waals surface area contributed by atoms with Gasteiger partial charge in [-0.1, -0.05) is 25.5 Å². The van der Waals surface area contributed by atoms with Crippen LogP contribution >= 0.6 is 12.4 Å². The van der Waals surface area contributed by atoms with E-state index >= 15 is 0 Å². The van der Waals surface area contributed by atoms with E-state index in [9.17, 15) is 9.90 Å². The summed E-state index contributed by atoms with van der Waals surface area (Å²) in [5, 5.41) is 13.2. The maximum Gasteiger partial charge on any atom is 0.326 e. The van der Waals surface area contributed by atoms with Crippen LogP contribution < -0.4 is 5.32 Å². The summed E-state index contributed by atoms with van der Waals surface area (Å²) in [6.07, 6.45) is 2.00. The van der Waals surface area contributed by atoms with Crippen molar-refractivity contribution in [2.45, 2.75) is 33.2 Å². The lowest BCUT2D eigenvalue weighted by Crippen LogP contribution is -2.31. The normalized spacial score (nSPS) is 12.0. The molecule has 1 atom stereocenters. The number of benzene rings is 1. The van der Waals surface area contributed by atoms with Crippen LogP contribution in [0.25, 0.3) is 10.9 Å². The highest BCUT2D eigenvalue weighted by atomic mass is 35.5. The van der Waals surface area contributed by atoms with E-state index in [-0.39, 0.29) is 12.4 Å². The molecule has 6 heteroatoms. The Morgan fingerprint density at radius 2 is 2.05 bits per heavy atom. The maximum atomic E-state index is 11.3. The summed E-state index contributed by atoms with van der Waals surface area (Å²) in [7, 11) is 0.